The Bertz CT molecular complexity index is 955. The molecule has 3 aromatic heterocycles. The van der Waals surface area contributed by atoms with E-state index in [9.17, 15) is 9.59 Å². The van der Waals surface area contributed by atoms with Crippen LogP contribution in [-0.2, 0) is 17.8 Å². The van der Waals surface area contributed by atoms with Crippen LogP contribution < -0.4 is 10.9 Å². The molecule has 1 N–H and O–H groups in total. The fraction of sp³-hybridized carbons (Fsp3) is 0.375. The van der Waals surface area contributed by atoms with Crippen LogP contribution in [0.2, 0.25) is 0 Å². The van der Waals surface area contributed by atoms with Crippen LogP contribution in [-0.4, -0.2) is 27.0 Å². The molecule has 0 saturated heterocycles. The van der Waals surface area contributed by atoms with Gasteiger partial charge in [-0.2, -0.15) is 0 Å². The van der Waals surface area contributed by atoms with Crippen LogP contribution in [0.3, 0.4) is 0 Å². The van der Waals surface area contributed by atoms with E-state index in [4.69, 9.17) is 0 Å². The lowest BCUT2D eigenvalue weighted by Gasteiger charge is -2.06. The zero-order chi connectivity index (χ0) is 17.3. The minimum absolute atomic E-state index is 0.0216. The van der Waals surface area contributed by atoms with Crippen LogP contribution in [0.4, 0.5) is 0 Å². The molecular formula is C16H18N4O2S2. The van der Waals surface area contributed by atoms with Gasteiger partial charge in [0.05, 0.1) is 22.4 Å². The molecule has 0 spiro atoms. The second-order valence-corrected chi connectivity index (χ2v) is 7.86. The van der Waals surface area contributed by atoms with E-state index >= 15 is 0 Å². The van der Waals surface area contributed by atoms with Gasteiger partial charge in [-0.3, -0.25) is 14.2 Å². The minimum Gasteiger partial charge on any atom is -0.354 e. The predicted molar refractivity (Wildman–Crippen MR) is 96.9 cm³/mol. The molecule has 24 heavy (non-hydrogen) atoms. The van der Waals surface area contributed by atoms with Crippen molar-refractivity contribution in [1.82, 2.24) is 19.9 Å². The van der Waals surface area contributed by atoms with Crippen LogP contribution in [0, 0.1) is 20.8 Å². The van der Waals surface area contributed by atoms with E-state index in [1.165, 1.54) is 22.2 Å². The summed E-state index contributed by atoms with van der Waals surface area (Å²) >= 11 is 3.10. The summed E-state index contributed by atoms with van der Waals surface area (Å²) in [6.07, 6.45) is 2.13. The van der Waals surface area contributed by atoms with E-state index in [0.717, 1.165) is 26.0 Å². The second kappa shape index (κ2) is 6.82. The molecule has 0 aromatic carbocycles. The summed E-state index contributed by atoms with van der Waals surface area (Å²) < 4.78 is 1.36. The van der Waals surface area contributed by atoms with Gasteiger partial charge in [-0.1, -0.05) is 0 Å². The number of aryl methyl sites for hydroxylation is 3. The number of carbonyl (C=O) groups excluding carboxylic acids is 1. The average Bonchev–Trinajstić information content (AvgIpc) is 3.07. The molecule has 0 saturated carbocycles. The van der Waals surface area contributed by atoms with Crippen LogP contribution >= 0.6 is 22.7 Å². The summed E-state index contributed by atoms with van der Waals surface area (Å²) in [6, 6.07) is 0. The van der Waals surface area contributed by atoms with Crippen LogP contribution in [0.15, 0.2) is 16.5 Å². The van der Waals surface area contributed by atoms with Gasteiger partial charge in [0.1, 0.15) is 11.4 Å². The van der Waals surface area contributed by atoms with E-state index < -0.39 is 0 Å². The number of nitrogens with one attached hydrogen (secondary N) is 1. The van der Waals surface area contributed by atoms with Crippen LogP contribution in [0.25, 0.3) is 10.2 Å². The van der Waals surface area contributed by atoms with Crippen molar-refractivity contribution in [3.63, 3.8) is 0 Å². The Kier molecular flexibility index (Phi) is 4.77. The molecule has 126 valence electrons. The zero-order valence-corrected chi connectivity index (χ0v) is 15.4. The molecule has 0 aliphatic heterocycles. The molecule has 0 fully saturated rings. The van der Waals surface area contributed by atoms with E-state index in [1.807, 2.05) is 26.2 Å². The van der Waals surface area contributed by atoms with Crippen LogP contribution in [0.5, 0.6) is 0 Å². The van der Waals surface area contributed by atoms with Crippen molar-refractivity contribution >= 4 is 38.8 Å². The van der Waals surface area contributed by atoms with Crippen molar-refractivity contribution in [1.29, 1.82) is 0 Å². The largest absolute Gasteiger partial charge is 0.354 e. The van der Waals surface area contributed by atoms with Gasteiger partial charge in [-0.15, -0.1) is 22.7 Å². The van der Waals surface area contributed by atoms with E-state index in [-0.39, 0.29) is 18.0 Å². The highest BCUT2D eigenvalue weighted by molar-refractivity contribution is 7.18. The first-order chi connectivity index (χ1) is 11.5. The Balaban J connectivity index is 1.66. The van der Waals surface area contributed by atoms with Crippen molar-refractivity contribution in [2.75, 3.05) is 6.54 Å². The van der Waals surface area contributed by atoms with Crippen molar-refractivity contribution in [3.05, 3.63) is 43.2 Å². The number of nitrogens with zero attached hydrogens (tertiary/aromatic N) is 3. The lowest BCUT2D eigenvalue weighted by atomic mass is 10.2. The fourth-order valence-electron chi connectivity index (χ4n) is 2.45. The minimum atomic E-state index is -0.199. The van der Waals surface area contributed by atoms with Gasteiger partial charge in [-0.05, 0) is 26.3 Å². The Labute approximate surface area is 147 Å². The molecule has 0 aliphatic carbocycles. The Morgan fingerprint density at radius 2 is 2.12 bits per heavy atom. The van der Waals surface area contributed by atoms with Crippen molar-refractivity contribution < 1.29 is 4.79 Å². The van der Waals surface area contributed by atoms with Crippen LogP contribution in [0.1, 0.15) is 21.1 Å². The van der Waals surface area contributed by atoms with Gasteiger partial charge in [0, 0.05) is 23.2 Å². The maximum absolute atomic E-state index is 12.5. The Hall–Kier alpha value is -2.06. The molecule has 3 aromatic rings. The summed E-state index contributed by atoms with van der Waals surface area (Å²) in [4.78, 5) is 35.1. The van der Waals surface area contributed by atoms with Crippen molar-refractivity contribution in [2.45, 2.75) is 33.7 Å². The number of thiophene rings is 1. The standard InChI is InChI=1S/C16H18N4O2S2/c1-9-10(2)24-15-14(9)16(22)20(8-18-15)6-13(21)17-5-4-12-7-23-11(3)19-12/h7-8H,4-6H2,1-3H3,(H,17,21). The van der Waals surface area contributed by atoms with Gasteiger partial charge in [-0.25, -0.2) is 9.97 Å². The molecule has 0 aliphatic rings. The first kappa shape index (κ1) is 16.8. The number of hydrogen-bond acceptors (Lipinski definition) is 6. The lowest BCUT2D eigenvalue weighted by molar-refractivity contribution is -0.121. The molecule has 3 heterocycles. The highest BCUT2D eigenvalue weighted by Crippen LogP contribution is 2.25. The van der Waals surface area contributed by atoms with Crippen molar-refractivity contribution in [2.24, 2.45) is 0 Å². The summed E-state index contributed by atoms with van der Waals surface area (Å²) in [5.41, 5.74) is 1.76. The maximum Gasteiger partial charge on any atom is 0.262 e. The number of hydrogen-bond donors (Lipinski definition) is 1. The average molecular weight is 362 g/mol. The predicted octanol–water partition coefficient (Wildman–Crippen LogP) is 2.20. The van der Waals surface area contributed by atoms with E-state index in [1.54, 1.807) is 11.3 Å². The highest BCUT2D eigenvalue weighted by atomic mass is 32.1. The summed E-state index contributed by atoms with van der Waals surface area (Å²) in [5.74, 6) is -0.199. The monoisotopic (exact) mass is 362 g/mol. The van der Waals surface area contributed by atoms with Gasteiger partial charge < -0.3 is 5.32 Å². The number of carbonyl (C=O) groups is 1. The summed E-state index contributed by atoms with van der Waals surface area (Å²) in [5, 5.41) is 6.45. The van der Waals surface area contributed by atoms with E-state index in [2.05, 4.69) is 15.3 Å². The normalized spacial score (nSPS) is 11.1. The van der Waals surface area contributed by atoms with E-state index in [0.29, 0.717) is 18.4 Å². The Morgan fingerprint density at radius 3 is 2.83 bits per heavy atom. The molecule has 0 atom stereocenters. The van der Waals surface area contributed by atoms with Gasteiger partial charge >= 0.3 is 0 Å². The van der Waals surface area contributed by atoms with Gasteiger partial charge in [0.2, 0.25) is 5.91 Å². The summed E-state index contributed by atoms with van der Waals surface area (Å²) in [7, 11) is 0. The summed E-state index contributed by atoms with van der Waals surface area (Å²) in [6.45, 7) is 6.32. The smallest absolute Gasteiger partial charge is 0.262 e. The molecule has 3 rings (SSSR count). The maximum atomic E-state index is 12.5. The topological polar surface area (TPSA) is 76.9 Å². The lowest BCUT2D eigenvalue weighted by Crippen LogP contribution is -2.33. The Morgan fingerprint density at radius 1 is 1.33 bits per heavy atom. The SMILES string of the molecule is Cc1nc(CCNC(=O)Cn2cnc3sc(C)c(C)c3c2=O)cs1. The number of thiazole rings is 1. The third kappa shape index (κ3) is 3.39. The zero-order valence-electron chi connectivity index (χ0n) is 13.8. The first-order valence-corrected chi connectivity index (χ1v) is 9.28. The molecule has 8 heteroatoms. The molecule has 0 unspecified atom stereocenters. The molecule has 0 bridgehead atoms. The number of fused-ring (bicyclic) bond motifs is 1. The number of amides is 1. The van der Waals surface area contributed by atoms with Crippen molar-refractivity contribution in [3.8, 4) is 0 Å². The number of rotatable bonds is 5. The molecular weight excluding hydrogens is 344 g/mol. The third-order valence-corrected chi connectivity index (χ3v) is 5.78. The first-order valence-electron chi connectivity index (χ1n) is 7.58. The fourth-order valence-corrected chi connectivity index (χ4v) is 4.08. The molecule has 1 amide bonds. The molecule has 0 radical (unpaired) electrons. The second-order valence-electron chi connectivity index (χ2n) is 5.60. The highest BCUT2D eigenvalue weighted by Gasteiger charge is 2.13. The van der Waals surface area contributed by atoms with Gasteiger partial charge in [0.15, 0.2) is 0 Å². The van der Waals surface area contributed by atoms with Gasteiger partial charge in [0.25, 0.3) is 5.56 Å². The number of aromatic nitrogens is 3. The third-order valence-electron chi connectivity index (χ3n) is 3.84. The quantitative estimate of drug-likeness (QED) is 0.755. The molecule has 6 nitrogen and oxygen atoms in total.